The molecule has 0 aliphatic rings. The van der Waals surface area contributed by atoms with E-state index in [1.54, 1.807) is 4.68 Å². The molecule has 2 rings (SSSR count). The van der Waals surface area contributed by atoms with Crippen LogP contribution in [0, 0.1) is 0 Å². The highest BCUT2D eigenvalue weighted by atomic mass is 35.5. The van der Waals surface area contributed by atoms with Crippen molar-refractivity contribution < 1.29 is 4.79 Å². The second kappa shape index (κ2) is 5.36. The van der Waals surface area contributed by atoms with Gasteiger partial charge < -0.3 is 0 Å². The first-order chi connectivity index (χ1) is 8.69. The van der Waals surface area contributed by atoms with Gasteiger partial charge in [-0.3, -0.25) is 9.48 Å². The number of hydrogen-bond donors (Lipinski definition) is 0. The first-order valence-corrected chi connectivity index (χ1v) is 6.40. The van der Waals surface area contributed by atoms with Crippen molar-refractivity contribution in [1.29, 1.82) is 0 Å². The van der Waals surface area contributed by atoms with Gasteiger partial charge in [0.2, 0.25) is 5.78 Å². The Balaban J connectivity index is 2.51. The fraction of sp³-hybridized carbons (Fsp3) is 0.286. The maximum absolute atomic E-state index is 12.5. The van der Waals surface area contributed by atoms with Crippen LogP contribution in [0.3, 0.4) is 0 Å². The summed E-state index contributed by atoms with van der Waals surface area (Å²) in [5, 5.41) is 4.51. The summed E-state index contributed by atoms with van der Waals surface area (Å²) in [5.41, 5.74) is 2.21. The van der Waals surface area contributed by atoms with Crippen LogP contribution in [-0.4, -0.2) is 15.6 Å². The van der Waals surface area contributed by atoms with E-state index in [1.807, 2.05) is 38.1 Å². The molecule has 0 unspecified atom stereocenters. The molecule has 0 aliphatic heterocycles. The van der Waals surface area contributed by atoms with Crippen LogP contribution in [-0.2, 0) is 13.0 Å². The molecule has 0 bridgehead atoms. The molecule has 1 heterocycles. The molecule has 0 N–H and O–H groups in total. The zero-order valence-corrected chi connectivity index (χ0v) is 11.2. The third kappa shape index (κ3) is 2.18. The minimum Gasteiger partial charge on any atom is -0.287 e. The second-order valence-electron chi connectivity index (χ2n) is 4.00. The van der Waals surface area contributed by atoms with Crippen molar-refractivity contribution in [2.24, 2.45) is 0 Å². The summed E-state index contributed by atoms with van der Waals surface area (Å²) in [7, 11) is 0. The van der Waals surface area contributed by atoms with E-state index >= 15 is 0 Å². The third-order valence-corrected chi connectivity index (χ3v) is 3.23. The number of ketones is 1. The van der Waals surface area contributed by atoms with Gasteiger partial charge >= 0.3 is 0 Å². The van der Waals surface area contributed by atoms with Gasteiger partial charge in [-0.2, -0.15) is 5.10 Å². The molecule has 0 spiro atoms. The Morgan fingerprint density at radius 2 is 2.06 bits per heavy atom. The normalized spacial score (nSPS) is 10.6. The molecule has 0 aliphatic carbocycles. The van der Waals surface area contributed by atoms with Crippen LogP contribution in [0.4, 0.5) is 0 Å². The SMILES string of the molecule is CCc1ccccc1C(=O)c1c(Cl)cnn1CC. The van der Waals surface area contributed by atoms with Crippen molar-refractivity contribution >= 4 is 17.4 Å². The fourth-order valence-electron chi connectivity index (χ4n) is 2.01. The Kier molecular flexibility index (Phi) is 3.82. The summed E-state index contributed by atoms with van der Waals surface area (Å²) in [6.45, 7) is 4.60. The number of carbonyl (C=O) groups excluding carboxylic acids is 1. The van der Waals surface area contributed by atoms with Crippen LogP contribution >= 0.6 is 11.6 Å². The summed E-state index contributed by atoms with van der Waals surface area (Å²) < 4.78 is 1.64. The van der Waals surface area contributed by atoms with Crippen molar-refractivity contribution in [3.63, 3.8) is 0 Å². The molecule has 0 saturated heterocycles. The standard InChI is InChI=1S/C14H15ClN2O/c1-3-10-7-5-6-8-11(10)14(18)13-12(15)9-16-17(13)4-2/h5-9H,3-4H2,1-2H3. The van der Waals surface area contributed by atoms with Gasteiger partial charge in [-0.15, -0.1) is 0 Å². The van der Waals surface area contributed by atoms with E-state index in [1.165, 1.54) is 6.20 Å². The Bertz CT molecular complexity index is 575. The molecule has 0 atom stereocenters. The largest absolute Gasteiger partial charge is 0.287 e. The van der Waals surface area contributed by atoms with Gasteiger partial charge in [0.25, 0.3) is 0 Å². The van der Waals surface area contributed by atoms with Gasteiger partial charge in [0.1, 0.15) is 5.69 Å². The monoisotopic (exact) mass is 262 g/mol. The molecular weight excluding hydrogens is 248 g/mol. The van der Waals surface area contributed by atoms with Gasteiger partial charge in [0, 0.05) is 12.1 Å². The van der Waals surface area contributed by atoms with Crippen molar-refractivity contribution in [3.05, 3.63) is 52.3 Å². The average molecular weight is 263 g/mol. The maximum Gasteiger partial charge on any atom is 0.212 e. The second-order valence-corrected chi connectivity index (χ2v) is 4.40. The van der Waals surface area contributed by atoms with Crippen molar-refractivity contribution in [3.8, 4) is 0 Å². The van der Waals surface area contributed by atoms with Gasteiger partial charge in [-0.05, 0) is 18.9 Å². The molecule has 3 nitrogen and oxygen atoms in total. The predicted octanol–water partition coefficient (Wildman–Crippen LogP) is 3.35. The number of hydrogen-bond acceptors (Lipinski definition) is 2. The Morgan fingerprint density at radius 1 is 1.33 bits per heavy atom. The van der Waals surface area contributed by atoms with Crippen LogP contribution in [0.2, 0.25) is 5.02 Å². The molecule has 4 heteroatoms. The number of aromatic nitrogens is 2. The molecular formula is C14H15ClN2O. The van der Waals surface area contributed by atoms with Crippen LogP contribution < -0.4 is 0 Å². The van der Waals surface area contributed by atoms with Gasteiger partial charge in [-0.1, -0.05) is 42.8 Å². The van der Waals surface area contributed by atoms with Gasteiger partial charge in [0.05, 0.1) is 11.2 Å². The summed E-state index contributed by atoms with van der Waals surface area (Å²) in [6.07, 6.45) is 2.34. The molecule has 2 aromatic rings. The van der Waals surface area contributed by atoms with Crippen LogP contribution in [0.1, 0.15) is 35.5 Å². The molecule has 1 aromatic heterocycles. The fourth-order valence-corrected chi connectivity index (χ4v) is 2.23. The Hall–Kier alpha value is -1.61. The smallest absolute Gasteiger partial charge is 0.212 e. The highest BCUT2D eigenvalue weighted by Crippen LogP contribution is 2.21. The lowest BCUT2D eigenvalue weighted by molar-refractivity contribution is 0.102. The van der Waals surface area contributed by atoms with Crippen LogP contribution in [0.15, 0.2) is 30.5 Å². The van der Waals surface area contributed by atoms with Gasteiger partial charge in [-0.25, -0.2) is 0 Å². The molecule has 1 aromatic carbocycles. The minimum atomic E-state index is -0.0585. The van der Waals surface area contributed by atoms with E-state index in [0.717, 1.165) is 12.0 Å². The Labute approximate surface area is 111 Å². The molecule has 0 fully saturated rings. The molecule has 18 heavy (non-hydrogen) atoms. The van der Waals surface area contributed by atoms with E-state index in [9.17, 15) is 4.79 Å². The predicted molar refractivity (Wildman–Crippen MR) is 72.2 cm³/mol. The number of aryl methyl sites for hydroxylation is 2. The maximum atomic E-state index is 12.5. The van der Waals surface area contributed by atoms with Gasteiger partial charge in [0.15, 0.2) is 0 Å². The van der Waals surface area contributed by atoms with Crippen LogP contribution in [0.25, 0.3) is 0 Å². The van der Waals surface area contributed by atoms with E-state index in [4.69, 9.17) is 11.6 Å². The number of halogens is 1. The zero-order chi connectivity index (χ0) is 13.1. The number of rotatable bonds is 4. The zero-order valence-electron chi connectivity index (χ0n) is 10.5. The lowest BCUT2D eigenvalue weighted by atomic mass is 10.00. The van der Waals surface area contributed by atoms with Crippen molar-refractivity contribution in [2.45, 2.75) is 26.8 Å². The first-order valence-electron chi connectivity index (χ1n) is 6.02. The molecule has 94 valence electrons. The van der Waals surface area contributed by atoms with E-state index in [-0.39, 0.29) is 5.78 Å². The lowest BCUT2D eigenvalue weighted by Gasteiger charge is -2.08. The highest BCUT2D eigenvalue weighted by Gasteiger charge is 2.20. The number of nitrogens with zero attached hydrogens (tertiary/aromatic N) is 2. The highest BCUT2D eigenvalue weighted by molar-refractivity contribution is 6.34. The lowest BCUT2D eigenvalue weighted by Crippen LogP contribution is -2.12. The summed E-state index contributed by atoms with van der Waals surface area (Å²) in [4.78, 5) is 12.5. The quantitative estimate of drug-likeness (QED) is 0.792. The minimum absolute atomic E-state index is 0.0585. The summed E-state index contributed by atoms with van der Waals surface area (Å²) in [6, 6.07) is 7.61. The Morgan fingerprint density at radius 3 is 2.72 bits per heavy atom. The average Bonchev–Trinajstić information content (AvgIpc) is 2.79. The summed E-state index contributed by atoms with van der Waals surface area (Å²) in [5.74, 6) is -0.0585. The molecule has 0 radical (unpaired) electrons. The first kappa shape index (κ1) is 12.8. The summed E-state index contributed by atoms with van der Waals surface area (Å²) >= 11 is 6.06. The third-order valence-electron chi connectivity index (χ3n) is 2.95. The molecule has 0 saturated carbocycles. The van der Waals surface area contributed by atoms with E-state index in [0.29, 0.717) is 22.8 Å². The van der Waals surface area contributed by atoms with Crippen molar-refractivity contribution in [2.75, 3.05) is 0 Å². The topological polar surface area (TPSA) is 34.9 Å². The van der Waals surface area contributed by atoms with Crippen LogP contribution in [0.5, 0.6) is 0 Å². The van der Waals surface area contributed by atoms with E-state index in [2.05, 4.69) is 5.10 Å². The van der Waals surface area contributed by atoms with Crippen molar-refractivity contribution in [1.82, 2.24) is 9.78 Å². The number of carbonyl (C=O) groups is 1. The number of benzene rings is 1. The molecule has 0 amide bonds. The van der Waals surface area contributed by atoms with E-state index < -0.39 is 0 Å².